The van der Waals surface area contributed by atoms with Crippen LogP contribution in [-0.2, 0) is 26.2 Å². The average Bonchev–Trinajstić information content (AvgIpc) is 2.90. The van der Waals surface area contributed by atoms with E-state index in [-0.39, 0.29) is 17.3 Å². The summed E-state index contributed by atoms with van der Waals surface area (Å²) in [4.78, 5) is 28.6. The first-order chi connectivity index (χ1) is 18.7. The molecule has 214 valence electrons. The van der Waals surface area contributed by atoms with Crippen LogP contribution < -0.4 is 14.4 Å². The Hall–Kier alpha value is -3.37. The van der Waals surface area contributed by atoms with Gasteiger partial charge in [0.2, 0.25) is 11.8 Å². The Labute approximate surface area is 245 Å². The summed E-state index contributed by atoms with van der Waals surface area (Å²) in [6.45, 7) is 8.70. The minimum atomic E-state index is -4.13. The molecule has 3 rings (SSSR count). The van der Waals surface area contributed by atoms with Gasteiger partial charge >= 0.3 is 0 Å². The highest BCUT2D eigenvalue weighted by Gasteiger charge is 2.33. The van der Waals surface area contributed by atoms with Crippen molar-refractivity contribution >= 4 is 43.5 Å². The number of methoxy groups -OCH3 is 1. The molecular formula is C30H36BrN3O5S. The molecular weight excluding hydrogens is 594 g/mol. The predicted octanol–water partition coefficient (Wildman–Crippen LogP) is 5.29. The van der Waals surface area contributed by atoms with Gasteiger partial charge in [0.15, 0.2) is 0 Å². The van der Waals surface area contributed by atoms with E-state index in [1.165, 1.54) is 24.1 Å². The van der Waals surface area contributed by atoms with Crippen molar-refractivity contribution in [3.63, 3.8) is 0 Å². The number of benzene rings is 3. The average molecular weight is 631 g/mol. The first kappa shape index (κ1) is 31.2. The lowest BCUT2D eigenvalue weighted by Crippen LogP contribution is -2.54. The van der Waals surface area contributed by atoms with E-state index in [0.717, 1.165) is 19.9 Å². The Balaban J connectivity index is 2.03. The molecule has 0 radical (unpaired) electrons. The summed E-state index contributed by atoms with van der Waals surface area (Å²) >= 11 is 3.42. The highest BCUT2D eigenvalue weighted by molar-refractivity contribution is 9.10. The summed E-state index contributed by atoms with van der Waals surface area (Å²) in [6.07, 6.45) is 0. The van der Waals surface area contributed by atoms with Gasteiger partial charge < -0.3 is 15.0 Å². The second-order valence-corrected chi connectivity index (χ2v) is 13.4. The van der Waals surface area contributed by atoms with Crippen LogP contribution in [0.5, 0.6) is 5.75 Å². The molecule has 8 nitrogen and oxygen atoms in total. The van der Waals surface area contributed by atoms with E-state index in [9.17, 15) is 18.0 Å². The molecule has 0 aromatic heterocycles. The van der Waals surface area contributed by atoms with E-state index in [1.54, 1.807) is 43.3 Å². The zero-order valence-corrected chi connectivity index (χ0v) is 26.0. The fourth-order valence-corrected chi connectivity index (χ4v) is 5.64. The van der Waals surface area contributed by atoms with Crippen LogP contribution >= 0.6 is 15.9 Å². The summed E-state index contributed by atoms with van der Waals surface area (Å²) < 4.78 is 34.9. The van der Waals surface area contributed by atoms with Crippen LogP contribution in [-0.4, -0.2) is 50.4 Å². The van der Waals surface area contributed by atoms with Gasteiger partial charge in [0.1, 0.15) is 18.3 Å². The summed E-state index contributed by atoms with van der Waals surface area (Å²) in [5.74, 6) is -0.312. The maximum absolute atomic E-state index is 14.0. The summed E-state index contributed by atoms with van der Waals surface area (Å²) in [5, 5.41) is 2.92. The molecule has 0 bridgehead atoms. The number of nitrogens with one attached hydrogen (secondary N) is 1. The van der Waals surface area contributed by atoms with Crippen LogP contribution in [0.25, 0.3) is 0 Å². The second kappa shape index (κ2) is 12.9. The molecule has 3 aromatic rings. The second-order valence-electron chi connectivity index (χ2n) is 10.6. The van der Waals surface area contributed by atoms with Crippen LogP contribution in [0.4, 0.5) is 5.69 Å². The zero-order chi connectivity index (χ0) is 29.7. The number of nitrogens with zero attached hydrogens (tertiary/aromatic N) is 2. The number of hydrogen-bond acceptors (Lipinski definition) is 5. The topological polar surface area (TPSA) is 96.0 Å². The van der Waals surface area contributed by atoms with E-state index in [0.29, 0.717) is 11.4 Å². The van der Waals surface area contributed by atoms with Crippen LogP contribution in [0.3, 0.4) is 0 Å². The van der Waals surface area contributed by atoms with Gasteiger partial charge in [-0.15, -0.1) is 0 Å². The number of carbonyl (C=O) groups is 2. The Morgan fingerprint density at radius 2 is 1.52 bits per heavy atom. The van der Waals surface area contributed by atoms with Crippen molar-refractivity contribution in [3.8, 4) is 5.75 Å². The smallest absolute Gasteiger partial charge is 0.264 e. The number of aryl methyl sites for hydroxylation is 1. The van der Waals surface area contributed by atoms with Crippen LogP contribution in [0.2, 0.25) is 0 Å². The van der Waals surface area contributed by atoms with Gasteiger partial charge in [0.25, 0.3) is 10.0 Å². The molecule has 0 aliphatic carbocycles. The first-order valence-corrected chi connectivity index (χ1v) is 15.0. The molecule has 10 heteroatoms. The summed E-state index contributed by atoms with van der Waals surface area (Å²) in [5.41, 5.74) is 1.49. The maximum atomic E-state index is 14.0. The van der Waals surface area contributed by atoms with E-state index < -0.39 is 34.1 Å². The predicted molar refractivity (Wildman–Crippen MR) is 161 cm³/mol. The number of anilines is 1. The van der Waals surface area contributed by atoms with Gasteiger partial charge in [0.05, 0.1) is 17.7 Å². The quantitative estimate of drug-likeness (QED) is 0.329. The Morgan fingerprint density at radius 3 is 2.05 bits per heavy atom. The molecule has 0 aliphatic rings. The highest BCUT2D eigenvalue weighted by Crippen LogP contribution is 2.27. The van der Waals surface area contributed by atoms with Crippen molar-refractivity contribution in [2.45, 2.75) is 57.6 Å². The standard InChI is InChI=1S/C30H36BrN3O5S/c1-21-7-17-27(18-8-21)40(37,38)34(25-13-15-26(39-6)16-14-25)20-28(35)33(19-23-9-11-24(31)12-10-23)22(2)29(36)32-30(3,4)5/h7-18,22H,19-20H2,1-6H3,(H,32,36)/t22-/m0/s1. The molecule has 0 aliphatic heterocycles. The van der Waals surface area contributed by atoms with Gasteiger partial charge in [-0.2, -0.15) is 0 Å². The zero-order valence-electron chi connectivity index (χ0n) is 23.6. The van der Waals surface area contributed by atoms with Gasteiger partial charge in [-0.3, -0.25) is 13.9 Å². The molecule has 2 amide bonds. The lowest BCUT2D eigenvalue weighted by molar-refractivity contribution is -0.140. The van der Waals surface area contributed by atoms with Crippen molar-refractivity contribution in [2.24, 2.45) is 0 Å². The fraction of sp³-hybridized carbons (Fsp3) is 0.333. The van der Waals surface area contributed by atoms with Crippen LogP contribution in [0.1, 0.15) is 38.8 Å². The SMILES string of the molecule is COc1ccc(N(CC(=O)N(Cc2ccc(Br)cc2)[C@@H](C)C(=O)NC(C)(C)C)S(=O)(=O)c2ccc(C)cc2)cc1. The number of hydrogen-bond donors (Lipinski definition) is 1. The number of amides is 2. The van der Waals surface area contributed by atoms with Gasteiger partial charge in [-0.05, 0) is 88.7 Å². The minimum Gasteiger partial charge on any atom is -0.497 e. The van der Waals surface area contributed by atoms with Crippen LogP contribution in [0.15, 0.2) is 82.2 Å². The van der Waals surface area contributed by atoms with Crippen molar-refractivity contribution < 1.29 is 22.7 Å². The van der Waals surface area contributed by atoms with E-state index >= 15 is 0 Å². The molecule has 0 heterocycles. The molecule has 3 aromatic carbocycles. The highest BCUT2D eigenvalue weighted by atomic mass is 79.9. The third-order valence-corrected chi connectivity index (χ3v) is 8.50. The number of halogens is 1. The van der Waals surface area contributed by atoms with Crippen molar-refractivity contribution in [2.75, 3.05) is 18.0 Å². The third-order valence-electron chi connectivity index (χ3n) is 6.18. The fourth-order valence-electron chi connectivity index (χ4n) is 3.96. The Morgan fingerprint density at radius 1 is 0.950 bits per heavy atom. The molecule has 1 N–H and O–H groups in total. The Bertz CT molecular complexity index is 1420. The maximum Gasteiger partial charge on any atom is 0.264 e. The third kappa shape index (κ3) is 8.08. The lowest BCUT2D eigenvalue weighted by atomic mass is 10.1. The summed E-state index contributed by atoms with van der Waals surface area (Å²) in [7, 11) is -2.62. The first-order valence-electron chi connectivity index (χ1n) is 12.8. The minimum absolute atomic E-state index is 0.0553. The molecule has 0 saturated heterocycles. The summed E-state index contributed by atoms with van der Waals surface area (Å²) in [6, 6.07) is 19.4. The number of rotatable bonds is 10. The lowest BCUT2D eigenvalue weighted by Gasteiger charge is -2.33. The molecule has 0 fully saturated rings. The van der Waals surface area contributed by atoms with E-state index in [4.69, 9.17) is 4.74 Å². The molecule has 0 spiro atoms. The number of carbonyl (C=O) groups excluding carboxylic acids is 2. The molecule has 0 saturated carbocycles. The van der Waals surface area contributed by atoms with Crippen LogP contribution in [0, 0.1) is 6.92 Å². The normalized spacial score (nSPS) is 12.4. The monoisotopic (exact) mass is 629 g/mol. The number of ether oxygens (including phenoxy) is 1. The molecule has 1 atom stereocenters. The van der Waals surface area contributed by atoms with Gasteiger partial charge in [0, 0.05) is 16.6 Å². The number of sulfonamides is 1. The van der Waals surface area contributed by atoms with Gasteiger partial charge in [-0.25, -0.2) is 8.42 Å². The van der Waals surface area contributed by atoms with Gasteiger partial charge in [-0.1, -0.05) is 45.8 Å². The largest absolute Gasteiger partial charge is 0.497 e. The van der Waals surface area contributed by atoms with E-state index in [1.807, 2.05) is 52.0 Å². The van der Waals surface area contributed by atoms with E-state index in [2.05, 4.69) is 21.2 Å². The Kier molecular flexibility index (Phi) is 10.0. The van der Waals surface area contributed by atoms with Crippen molar-refractivity contribution in [3.05, 3.63) is 88.4 Å². The molecule has 40 heavy (non-hydrogen) atoms. The molecule has 0 unspecified atom stereocenters. The van der Waals surface area contributed by atoms with Crippen molar-refractivity contribution in [1.82, 2.24) is 10.2 Å². The van der Waals surface area contributed by atoms with Crippen molar-refractivity contribution in [1.29, 1.82) is 0 Å².